The molecule has 1 aromatic heterocycles. The van der Waals surface area contributed by atoms with E-state index in [4.69, 9.17) is 0 Å². The van der Waals surface area contributed by atoms with Gasteiger partial charge in [0.25, 0.3) is 0 Å². The van der Waals surface area contributed by atoms with E-state index in [2.05, 4.69) is 34.6 Å². The van der Waals surface area contributed by atoms with Crippen LogP contribution in [0, 0.1) is 5.92 Å². The fourth-order valence-electron chi connectivity index (χ4n) is 2.82. The van der Waals surface area contributed by atoms with Crippen molar-refractivity contribution in [2.24, 2.45) is 5.92 Å². The second kappa shape index (κ2) is 6.33. The van der Waals surface area contributed by atoms with Gasteiger partial charge in [-0.3, -0.25) is 14.4 Å². The molecule has 1 aliphatic rings. The lowest BCUT2D eigenvalue weighted by atomic mass is 9.93. The van der Waals surface area contributed by atoms with Gasteiger partial charge in [-0.15, -0.1) is 0 Å². The number of aromatic nitrogens is 2. The summed E-state index contributed by atoms with van der Waals surface area (Å²) >= 11 is 0. The molecule has 0 atom stereocenters. The quantitative estimate of drug-likeness (QED) is 0.818. The Kier molecular flexibility index (Phi) is 4.75. The van der Waals surface area contributed by atoms with Gasteiger partial charge in [0.2, 0.25) is 0 Å². The van der Waals surface area contributed by atoms with Crippen molar-refractivity contribution in [3.05, 3.63) is 17.5 Å². The van der Waals surface area contributed by atoms with Crippen LogP contribution in [-0.2, 0) is 24.3 Å². The molecule has 0 spiro atoms. The molecule has 4 nitrogen and oxygen atoms in total. The van der Waals surface area contributed by atoms with E-state index in [1.807, 2.05) is 0 Å². The normalized spacial score (nSPS) is 17.8. The minimum absolute atomic E-state index is 0.290. The van der Waals surface area contributed by atoms with Gasteiger partial charge in [0.15, 0.2) is 0 Å². The number of carbonyl (C=O) groups is 1. The van der Waals surface area contributed by atoms with Gasteiger partial charge in [-0.2, -0.15) is 5.10 Å². The van der Waals surface area contributed by atoms with Gasteiger partial charge in [0.05, 0.1) is 11.4 Å². The van der Waals surface area contributed by atoms with Crippen LogP contribution < -0.4 is 0 Å². The molecule has 1 fully saturated rings. The predicted octanol–water partition coefficient (Wildman–Crippen LogP) is 2.27. The number of rotatable bonds is 5. The van der Waals surface area contributed by atoms with E-state index in [1.165, 1.54) is 11.4 Å². The zero-order chi connectivity index (χ0) is 13.8. The maximum atomic E-state index is 11.4. The number of hydrogen-bond donors (Lipinski definition) is 0. The molecule has 0 amide bonds. The molecule has 2 heterocycles. The average Bonchev–Trinajstić information content (AvgIpc) is 2.81. The summed E-state index contributed by atoms with van der Waals surface area (Å²) in [6, 6.07) is 2.22. The molecule has 4 heteroatoms. The maximum absolute atomic E-state index is 11.4. The van der Waals surface area contributed by atoms with Crippen molar-refractivity contribution < 1.29 is 4.79 Å². The summed E-state index contributed by atoms with van der Waals surface area (Å²) in [5, 5.41) is 4.59. The van der Waals surface area contributed by atoms with E-state index >= 15 is 0 Å². The third-order valence-corrected chi connectivity index (χ3v) is 4.12. The third-order valence-electron chi connectivity index (χ3n) is 4.12. The lowest BCUT2D eigenvalue weighted by molar-refractivity contribution is -0.122. The highest BCUT2D eigenvalue weighted by Gasteiger charge is 2.23. The Morgan fingerprint density at radius 3 is 2.58 bits per heavy atom. The van der Waals surface area contributed by atoms with Crippen LogP contribution in [0.2, 0.25) is 0 Å². The molecule has 0 radical (unpaired) electrons. The first-order chi connectivity index (χ1) is 9.13. The summed E-state index contributed by atoms with van der Waals surface area (Å²) in [5.41, 5.74) is 2.48. The molecule has 1 saturated heterocycles. The van der Waals surface area contributed by atoms with Crippen LogP contribution in [0.1, 0.15) is 45.0 Å². The fraction of sp³-hybridized carbons (Fsp3) is 0.733. The van der Waals surface area contributed by atoms with Crippen LogP contribution in [0.4, 0.5) is 0 Å². The maximum Gasteiger partial charge on any atom is 0.133 e. The van der Waals surface area contributed by atoms with Crippen LogP contribution in [0.25, 0.3) is 0 Å². The molecule has 0 N–H and O–H groups in total. The monoisotopic (exact) mass is 263 g/mol. The van der Waals surface area contributed by atoms with Crippen LogP contribution in [0.15, 0.2) is 6.07 Å². The molecule has 0 aromatic carbocycles. The molecule has 0 unspecified atom stereocenters. The molecule has 1 aromatic rings. The van der Waals surface area contributed by atoms with Gasteiger partial charge in [0, 0.05) is 19.0 Å². The Balaban J connectivity index is 1.95. The standard InChI is InChI=1S/C15H25N3O/c1-4-14-10-15(18(5-2)16-14)11-17-8-6-13(7-9-17)12(3)19/h10,13H,4-9,11H2,1-3H3. The van der Waals surface area contributed by atoms with Crippen LogP contribution >= 0.6 is 0 Å². The first kappa shape index (κ1) is 14.3. The van der Waals surface area contributed by atoms with E-state index in [9.17, 15) is 4.79 Å². The summed E-state index contributed by atoms with van der Waals surface area (Å²) in [7, 11) is 0. The second-order valence-corrected chi connectivity index (χ2v) is 5.46. The first-order valence-corrected chi connectivity index (χ1v) is 7.42. The van der Waals surface area contributed by atoms with E-state index in [0.29, 0.717) is 11.7 Å². The van der Waals surface area contributed by atoms with Crippen molar-refractivity contribution in [2.45, 2.75) is 53.1 Å². The summed E-state index contributed by atoms with van der Waals surface area (Å²) in [6.45, 7) is 9.95. The molecule has 1 aliphatic heterocycles. The van der Waals surface area contributed by atoms with Crippen LogP contribution in [0.3, 0.4) is 0 Å². The molecule has 19 heavy (non-hydrogen) atoms. The van der Waals surface area contributed by atoms with Gasteiger partial charge in [-0.1, -0.05) is 6.92 Å². The van der Waals surface area contributed by atoms with E-state index in [1.54, 1.807) is 6.92 Å². The number of ketones is 1. The van der Waals surface area contributed by atoms with Crippen molar-refractivity contribution in [2.75, 3.05) is 13.1 Å². The molecule has 0 bridgehead atoms. The summed E-state index contributed by atoms with van der Waals surface area (Å²) in [6.07, 6.45) is 3.01. The number of nitrogens with zero attached hydrogens (tertiary/aromatic N) is 3. The number of Topliss-reactive ketones (excluding diaryl/α,β-unsaturated/α-hetero) is 1. The Bertz CT molecular complexity index is 431. The third kappa shape index (κ3) is 3.44. The summed E-state index contributed by atoms with van der Waals surface area (Å²) in [5.74, 6) is 0.644. The number of likely N-dealkylation sites (tertiary alicyclic amines) is 1. The Morgan fingerprint density at radius 2 is 2.05 bits per heavy atom. The van der Waals surface area contributed by atoms with Crippen molar-refractivity contribution in [1.29, 1.82) is 0 Å². The average molecular weight is 263 g/mol. The lowest BCUT2D eigenvalue weighted by Crippen LogP contribution is -2.35. The SMILES string of the molecule is CCc1cc(CN2CCC(C(C)=O)CC2)n(CC)n1. The molecule has 106 valence electrons. The van der Waals surface area contributed by atoms with E-state index in [0.717, 1.165) is 45.4 Å². The molecular formula is C15H25N3O. The highest BCUT2D eigenvalue weighted by atomic mass is 16.1. The topological polar surface area (TPSA) is 38.1 Å². The van der Waals surface area contributed by atoms with Crippen molar-refractivity contribution in [3.8, 4) is 0 Å². The first-order valence-electron chi connectivity index (χ1n) is 7.42. The lowest BCUT2D eigenvalue weighted by Gasteiger charge is -2.30. The summed E-state index contributed by atoms with van der Waals surface area (Å²) < 4.78 is 2.11. The van der Waals surface area contributed by atoms with E-state index in [-0.39, 0.29) is 0 Å². The largest absolute Gasteiger partial charge is 0.300 e. The molecule has 0 aliphatic carbocycles. The van der Waals surface area contributed by atoms with Crippen molar-refractivity contribution in [1.82, 2.24) is 14.7 Å². The zero-order valence-electron chi connectivity index (χ0n) is 12.4. The highest BCUT2D eigenvalue weighted by Crippen LogP contribution is 2.20. The predicted molar refractivity (Wildman–Crippen MR) is 76.0 cm³/mol. The Hall–Kier alpha value is -1.16. The number of aryl methyl sites for hydroxylation is 2. The van der Waals surface area contributed by atoms with E-state index < -0.39 is 0 Å². The molecule has 2 rings (SSSR count). The highest BCUT2D eigenvalue weighted by molar-refractivity contribution is 5.78. The van der Waals surface area contributed by atoms with Crippen LogP contribution in [0.5, 0.6) is 0 Å². The second-order valence-electron chi connectivity index (χ2n) is 5.46. The van der Waals surface area contributed by atoms with Gasteiger partial charge in [-0.05, 0) is 52.3 Å². The number of carbonyl (C=O) groups excluding carboxylic acids is 1. The van der Waals surface area contributed by atoms with Gasteiger partial charge >= 0.3 is 0 Å². The fourth-order valence-corrected chi connectivity index (χ4v) is 2.82. The Morgan fingerprint density at radius 1 is 1.37 bits per heavy atom. The van der Waals surface area contributed by atoms with Gasteiger partial charge in [-0.25, -0.2) is 0 Å². The van der Waals surface area contributed by atoms with Crippen molar-refractivity contribution >= 4 is 5.78 Å². The minimum Gasteiger partial charge on any atom is -0.300 e. The van der Waals surface area contributed by atoms with Gasteiger partial charge < -0.3 is 0 Å². The number of piperidine rings is 1. The molecular weight excluding hydrogens is 238 g/mol. The smallest absolute Gasteiger partial charge is 0.133 e. The minimum atomic E-state index is 0.290. The zero-order valence-corrected chi connectivity index (χ0v) is 12.4. The Labute approximate surface area is 115 Å². The van der Waals surface area contributed by atoms with Crippen LogP contribution in [-0.4, -0.2) is 33.6 Å². The van der Waals surface area contributed by atoms with Crippen molar-refractivity contribution in [3.63, 3.8) is 0 Å². The van der Waals surface area contributed by atoms with Gasteiger partial charge in [0.1, 0.15) is 5.78 Å². The summed E-state index contributed by atoms with van der Waals surface area (Å²) in [4.78, 5) is 13.8. The number of hydrogen-bond acceptors (Lipinski definition) is 3. The molecule has 0 saturated carbocycles.